The lowest BCUT2D eigenvalue weighted by Crippen LogP contribution is -2.50. The Labute approximate surface area is 143 Å². The number of nitrogens with zero attached hydrogens (tertiary/aromatic N) is 1. The molecule has 0 aliphatic rings. The molecule has 2 N–H and O–H groups in total. The molecule has 5 nitrogen and oxygen atoms in total. The highest BCUT2D eigenvalue weighted by molar-refractivity contribution is 6.30. The standard InChI is InChI=1S/C17H27ClN2O3/c1-6-20(11-17(3,4)22)16(21)19-12(2)15(23-5)13-7-9-14(18)10-8-13/h7-10,12,15,22H,6,11H2,1-5H3,(H,19,21). The number of halogens is 1. The van der Waals surface area contributed by atoms with Crippen molar-refractivity contribution in [2.45, 2.75) is 45.4 Å². The molecule has 23 heavy (non-hydrogen) atoms. The highest BCUT2D eigenvalue weighted by Gasteiger charge is 2.25. The smallest absolute Gasteiger partial charge is 0.317 e. The molecule has 6 heteroatoms. The van der Waals surface area contributed by atoms with Gasteiger partial charge in [-0.25, -0.2) is 4.79 Å². The Balaban J connectivity index is 2.76. The van der Waals surface area contributed by atoms with E-state index in [-0.39, 0.29) is 24.7 Å². The third-order valence-corrected chi connectivity index (χ3v) is 3.76. The van der Waals surface area contributed by atoms with Crippen molar-refractivity contribution < 1.29 is 14.6 Å². The molecule has 1 aromatic carbocycles. The average molecular weight is 343 g/mol. The van der Waals surface area contributed by atoms with Gasteiger partial charge < -0.3 is 20.1 Å². The van der Waals surface area contributed by atoms with E-state index in [1.807, 2.05) is 26.0 Å². The molecule has 1 aromatic rings. The van der Waals surface area contributed by atoms with E-state index in [9.17, 15) is 9.90 Å². The minimum absolute atomic E-state index is 0.224. The molecule has 130 valence electrons. The molecule has 0 radical (unpaired) electrons. The minimum Gasteiger partial charge on any atom is -0.389 e. The molecule has 0 saturated heterocycles. The monoisotopic (exact) mass is 342 g/mol. The summed E-state index contributed by atoms with van der Waals surface area (Å²) in [7, 11) is 1.61. The number of carbonyl (C=O) groups is 1. The van der Waals surface area contributed by atoms with Gasteiger partial charge in [0, 0.05) is 18.7 Å². The molecule has 0 fully saturated rings. The highest BCUT2D eigenvalue weighted by Crippen LogP contribution is 2.22. The number of hydrogen-bond acceptors (Lipinski definition) is 3. The number of hydrogen-bond donors (Lipinski definition) is 2. The summed E-state index contributed by atoms with van der Waals surface area (Å²) in [6, 6.07) is 6.90. The van der Waals surface area contributed by atoms with Crippen LogP contribution in [0.2, 0.25) is 5.02 Å². The minimum atomic E-state index is -0.937. The number of methoxy groups -OCH3 is 1. The molecule has 0 saturated carbocycles. The first kappa shape index (κ1) is 19.7. The van der Waals surface area contributed by atoms with Crippen molar-refractivity contribution in [1.29, 1.82) is 0 Å². The van der Waals surface area contributed by atoms with E-state index >= 15 is 0 Å². The predicted octanol–water partition coefficient (Wildman–Crippen LogP) is 3.22. The number of aliphatic hydroxyl groups is 1. The Kier molecular flexibility index (Phi) is 7.32. The predicted molar refractivity (Wildman–Crippen MR) is 92.7 cm³/mol. The Morgan fingerprint density at radius 1 is 1.39 bits per heavy atom. The van der Waals surface area contributed by atoms with E-state index in [0.29, 0.717) is 11.6 Å². The highest BCUT2D eigenvalue weighted by atomic mass is 35.5. The van der Waals surface area contributed by atoms with Crippen LogP contribution in [0.1, 0.15) is 39.4 Å². The lowest BCUT2D eigenvalue weighted by Gasteiger charge is -2.31. The molecule has 2 atom stereocenters. The molecule has 0 bridgehead atoms. The van der Waals surface area contributed by atoms with Crippen LogP contribution in [-0.4, -0.2) is 47.9 Å². The van der Waals surface area contributed by atoms with Crippen LogP contribution in [0.5, 0.6) is 0 Å². The van der Waals surface area contributed by atoms with Gasteiger partial charge in [-0.1, -0.05) is 23.7 Å². The van der Waals surface area contributed by atoms with Gasteiger partial charge in [0.05, 0.1) is 18.2 Å². The van der Waals surface area contributed by atoms with Gasteiger partial charge in [0.2, 0.25) is 0 Å². The van der Waals surface area contributed by atoms with Crippen LogP contribution in [0.25, 0.3) is 0 Å². The SMILES string of the molecule is CCN(CC(C)(C)O)C(=O)NC(C)C(OC)c1ccc(Cl)cc1. The average Bonchev–Trinajstić information content (AvgIpc) is 2.46. The van der Waals surface area contributed by atoms with E-state index in [0.717, 1.165) is 5.56 Å². The second-order valence-electron chi connectivity index (χ2n) is 6.27. The summed E-state index contributed by atoms with van der Waals surface area (Å²) in [5, 5.41) is 13.5. The summed E-state index contributed by atoms with van der Waals surface area (Å²) in [6.45, 7) is 7.90. The van der Waals surface area contributed by atoms with Crippen molar-refractivity contribution in [3.63, 3.8) is 0 Å². The third kappa shape index (κ3) is 6.37. The van der Waals surface area contributed by atoms with Gasteiger partial charge >= 0.3 is 6.03 Å². The van der Waals surface area contributed by atoms with Gasteiger partial charge in [-0.2, -0.15) is 0 Å². The zero-order valence-electron chi connectivity index (χ0n) is 14.5. The van der Waals surface area contributed by atoms with E-state index in [1.54, 1.807) is 38.0 Å². The fourth-order valence-electron chi connectivity index (χ4n) is 2.44. The summed E-state index contributed by atoms with van der Waals surface area (Å²) in [5.41, 5.74) is 0.00296. The third-order valence-electron chi connectivity index (χ3n) is 3.50. The van der Waals surface area contributed by atoms with Crippen molar-refractivity contribution in [3.8, 4) is 0 Å². The topological polar surface area (TPSA) is 61.8 Å². The molecule has 0 aliphatic heterocycles. The van der Waals surface area contributed by atoms with E-state index in [2.05, 4.69) is 5.32 Å². The second kappa shape index (κ2) is 8.52. The van der Waals surface area contributed by atoms with Gasteiger partial charge in [-0.05, 0) is 45.4 Å². The number of rotatable bonds is 7. The summed E-state index contributed by atoms with van der Waals surface area (Å²) >= 11 is 5.90. The van der Waals surface area contributed by atoms with Gasteiger partial charge in [-0.15, -0.1) is 0 Å². The molecular formula is C17H27ClN2O3. The summed E-state index contributed by atoms with van der Waals surface area (Å²) in [5.74, 6) is 0. The molecule has 0 spiro atoms. The van der Waals surface area contributed by atoms with Crippen LogP contribution in [-0.2, 0) is 4.74 Å². The van der Waals surface area contributed by atoms with Crippen molar-refractivity contribution >= 4 is 17.6 Å². The van der Waals surface area contributed by atoms with Crippen molar-refractivity contribution in [2.24, 2.45) is 0 Å². The van der Waals surface area contributed by atoms with Gasteiger partial charge in [0.25, 0.3) is 0 Å². The number of amides is 2. The first-order chi connectivity index (χ1) is 10.7. The molecule has 2 amide bonds. The van der Waals surface area contributed by atoms with Gasteiger partial charge in [-0.3, -0.25) is 0 Å². The molecular weight excluding hydrogens is 316 g/mol. The van der Waals surface area contributed by atoms with Crippen LogP contribution in [0.15, 0.2) is 24.3 Å². The maximum atomic E-state index is 12.4. The van der Waals surface area contributed by atoms with Crippen molar-refractivity contribution in [1.82, 2.24) is 10.2 Å². The Bertz CT molecular complexity index is 500. The number of nitrogens with one attached hydrogen (secondary N) is 1. The maximum absolute atomic E-state index is 12.4. The van der Waals surface area contributed by atoms with Crippen LogP contribution >= 0.6 is 11.6 Å². The molecule has 0 aliphatic carbocycles. The zero-order chi connectivity index (χ0) is 17.6. The number of likely N-dealkylation sites (N-methyl/N-ethyl adjacent to an activating group) is 1. The Morgan fingerprint density at radius 3 is 2.39 bits per heavy atom. The van der Waals surface area contributed by atoms with Crippen LogP contribution in [0.3, 0.4) is 0 Å². The van der Waals surface area contributed by atoms with E-state index in [1.165, 1.54) is 0 Å². The second-order valence-corrected chi connectivity index (χ2v) is 6.71. The number of benzene rings is 1. The van der Waals surface area contributed by atoms with Crippen LogP contribution in [0.4, 0.5) is 4.79 Å². The maximum Gasteiger partial charge on any atom is 0.317 e. The van der Waals surface area contributed by atoms with Crippen LogP contribution < -0.4 is 5.32 Å². The number of urea groups is 1. The molecule has 1 rings (SSSR count). The quantitative estimate of drug-likeness (QED) is 0.799. The van der Waals surface area contributed by atoms with E-state index in [4.69, 9.17) is 16.3 Å². The lowest BCUT2D eigenvalue weighted by atomic mass is 10.0. The lowest BCUT2D eigenvalue weighted by molar-refractivity contribution is 0.0435. The largest absolute Gasteiger partial charge is 0.389 e. The normalized spacial score (nSPS) is 14.2. The van der Waals surface area contributed by atoms with Gasteiger partial charge in [0.15, 0.2) is 0 Å². The number of ether oxygens (including phenoxy) is 1. The first-order valence-electron chi connectivity index (χ1n) is 7.74. The fraction of sp³-hybridized carbons (Fsp3) is 0.588. The van der Waals surface area contributed by atoms with Crippen molar-refractivity contribution in [3.05, 3.63) is 34.9 Å². The van der Waals surface area contributed by atoms with E-state index < -0.39 is 5.60 Å². The summed E-state index contributed by atoms with van der Waals surface area (Å²) in [4.78, 5) is 14.0. The number of carbonyl (C=O) groups excluding carboxylic acids is 1. The van der Waals surface area contributed by atoms with Crippen molar-refractivity contribution in [2.75, 3.05) is 20.2 Å². The van der Waals surface area contributed by atoms with Crippen LogP contribution in [0, 0.1) is 0 Å². The summed E-state index contributed by atoms with van der Waals surface area (Å²) in [6.07, 6.45) is -0.281. The Hall–Kier alpha value is -1.30. The zero-order valence-corrected chi connectivity index (χ0v) is 15.2. The fourth-order valence-corrected chi connectivity index (χ4v) is 2.56. The summed E-state index contributed by atoms with van der Waals surface area (Å²) < 4.78 is 5.53. The molecule has 2 unspecified atom stereocenters. The molecule has 0 aromatic heterocycles. The molecule has 0 heterocycles. The first-order valence-corrected chi connectivity index (χ1v) is 8.11. The Morgan fingerprint density at radius 2 is 1.96 bits per heavy atom. The van der Waals surface area contributed by atoms with Gasteiger partial charge in [0.1, 0.15) is 6.10 Å².